The van der Waals surface area contributed by atoms with Crippen LogP contribution in [-0.4, -0.2) is 47.8 Å². The molecule has 0 spiro atoms. The Kier molecular flexibility index (Phi) is 9.37. The van der Waals surface area contributed by atoms with Crippen LogP contribution in [0.15, 0.2) is 60.8 Å². The van der Waals surface area contributed by atoms with Crippen LogP contribution in [0.25, 0.3) is 10.9 Å². The summed E-state index contributed by atoms with van der Waals surface area (Å²) in [6.45, 7) is 0.526. The molecule has 0 bridgehead atoms. The van der Waals surface area contributed by atoms with Gasteiger partial charge in [0, 0.05) is 23.5 Å². The maximum absolute atomic E-state index is 13.2. The van der Waals surface area contributed by atoms with E-state index in [-0.39, 0.29) is 6.42 Å². The van der Waals surface area contributed by atoms with Crippen molar-refractivity contribution in [1.29, 1.82) is 0 Å². The second-order valence-electron chi connectivity index (χ2n) is 8.46. The highest BCUT2D eigenvalue weighted by Crippen LogP contribution is 2.19. The van der Waals surface area contributed by atoms with Crippen molar-refractivity contribution < 1.29 is 14.4 Å². The third-order valence-electron chi connectivity index (χ3n) is 5.83. The van der Waals surface area contributed by atoms with E-state index in [1.165, 1.54) is 0 Å². The standard InChI is InChI=1S/C26H33N5O3/c27-13-7-6-10-20(17-32)30-26(34)24(15-19-16-29-23-12-5-4-11-21(19)23)31-25(33)22(28)14-18-8-2-1-3-9-18/h1-5,8-9,11-12,16-17,20,22,24,29H,6-7,10,13-15,27-28H2,(H,30,34)(H,31,33)/t20-,22-,24+/m0/s1. The smallest absolute Gasteiger partial charge is 0.243 e. The summed E-state index contributed by atoms with van der Waals surface area (Å²) in [5.74, 6) is -0.843. The molecule has 0 saturated heterocycles. The minimum Gasteiger partial charge on any atom is -0.361 e. The third-order valence-corrected chi connectivity index (χ3v) is 5.83. The Bertz CT molecular complexity index is 1080. The summed E-state index contributed by atoms with van der Waals surface area (Å²) < 4.78 is 0. The highest BCUT2D eigenvalue weighted by molar-refractivity contribution is 5.92. The lowest BCUT2D eigenvalue weighted by Crippen LogP contribution is -2.54. The molecule has 8 nitrogen and oxygen atoms in total. The maximum atomic E-state index is 13.2. The normalized spacial score (nSPS) is 13.7. The molecule has 1 heterocycles. The molecule has 0 aliphatic rings. The molecular weight excluding hydrogens is 430 g/mol. The number of rotatable bonds is 13. The number of nitrogens with one attached hydrogen (secondary N) is 3. The number of aromatic nitrogens is 1. The van der Waals surface area contributed by atoms with Gasteiger partial charge in [-0.25, -0.2) is 0 Å². The van der Waals surface area contributed by atoms with Gasteiger partial charge in [0.05, 0.1) is 12.1 Å². The number of carbonyl (C=O) groups excluding carboxylic acids is 3. The summed E-state index contributed by atoms with van der Waals surface area (Å²) in [4.78, 5) is 40.8. The lowest BCUT2D eigenvalue weighted by atomic mass is 10.0. The zero-order valence-corrected chi connectivity index (χ0v) is 19.2. The predicted octanol–water partition coefficient (Wildman–Crippen LogP) is 1.58. The van der Waals surface area contributed by atoms with Gasteiger partial charge in [-0.1, -0.05) is 48.5 Å². The topological polar surface area (TPSA) is 143 Å². The molecule has 3 aromatic rings. The number of aldehydes is 1. The van der Waals surface area contributed by atoms with Crippen LogP contribution < -0.4 is 22.1 Å². The van der Waals surface area contributed by atoms with Crippen LogP contribution in [0, 0.1) is 0 Å². The Balaban J connectivity index is 1.74. The van der Waals surface area contributed by atoms with E-state index in [1.807, 2.05) is 60.8 Å². The van der Waals surface area contributed by atoms with Gasteiger partial charge in [-0.2, -0.15) is 0 Å². The van der Waals surface area contributed by atoms with E-state index >= 15 is 0 Å². The molecule has 0 fully saturated rings. The van der Waals surface area contributed by atoms with Crippen molar-refractivity contribution in [2.45, 2.75) is 50.2 Å². The number of aromatic amines is 1. The van der Waals surface area contributed by atoms with E-state index in [4.69, 9.17) is 11.5 Å². The molecular formula is C26H33N5O3. The van der Waals surface area contributed by atoms with E-state index in [0.717, 1.165) is 41.2 Å². The Morgan fingerprint density at radius 2 is 1.68 bits per heavy atom. The number of hydrogen-bond acceptors (Lipinski definition) is 5. The zero-order valence-electron chi connectivity index (χ0n) is 19.2. The molecule has 1 aromatic heterocycles. The molecule has 180 valence electrons. The monoisotopic (exact) mass is 463 g/mol. The second-order valence-corrected chi connectivity index (χ2v) is 8.46. The first-order chi connectivity index (χ1) is 16.5. The predicted molar refractivity (Wildman–Crippen MR) is 133 cm³/mol. The molecule has 34 heavy (non-hydrogen) atoms. The molecule has 0 unspecified atom stereocenters. The lowest BCUT2D eigenvalue weighted by Gasteiger charge is -2.22. The summed E-state index contributed by atoms with van der Waals surface area (Å²) in [6, 6.07) is 14.9. The fourth-order valence-corrected chi connectivity index (χ4v) is 3.94. The molecule has 0 aliphatic carbocycles. The average Bonchev–Trinajstić information content (AvgIpc) is 3.26. The number of para-hydroxylation sites is 1. The summed E-state index contributed by atoms with van der Waals surface area (Å²) in [5.41, 5.74) is 14.4. The number of amides is 2. The fraction of sp³-hybridized carbons (Fsp3) is 0.346. The van der Waals surface area contributed by atoms with Gasteiger partial charge in [0.1, 0.15) is 12.3 Å². The van der Waals surface area contributed by atoms with Crippen molar-refractivity contribution in [1.82, 2.24) is 15.6 Å². The van der Waals surface area contributed by atoms with Gasteiger partial charge in [0.2, 0.25) is 11.8 Å². The lowest BCUT2D eigenvalue weighted by molar-refractivity contribution is -0.130. The van der Waals surface area contributed by atoms with Crippen molar-refractivity contribution in [3.05, 3.63) is 71.9 Å². The molecule has 0 saturated carbocycles. The highest BCUT2D eigenvalue weighted by Gasteiger charge is 2.26. The molecule has 7 N–H and O–H groups in total. The van der Waals surface area contributed by atoms with Crippen molar-refractivity contribution in [3.8, 4) is 0 Å². The molecule has 2 aromatic carbocycles. The quantitative estimate of drug-likeness (QED) is 0.193. The zero-order chi connectivity index (χ0) is 24.3. The van der Waals surface area contributed by atoms with Gasteiger partial charge >= 0.3 is 0 Å². The molecule has 0 aliphatic heterocycles. The van der Waals surface area contributed by atoms with Crippen molar-refractivity contribution >= 4 is 29.0 Å². The number of carbonyl (C=O) groups is 3. The Morgan fingerprint density at radius 1 is 0.941 bits per heavy atom. The van der Waals surface area contributed by atoms with Crippen LogP contribution in [-0.2, 0) is 27.2 Å². The van der Waals surface area contributed by atoms with E-state index in [9.17, 15) is 14.4 Å². The number of unbranched alkanes of at least 4 members (excludes halogenated alkanes) is 1. The van der Waals surface area contributed by atoms with E-state index in [2.05, 4.69) is 15.6 Å². The average molecular weight is 464 g/mol. The van der Waals surface area contributed by atoms with Crippen LogP contribution in [0.4, 0.5) is 0 Å². The molecule has 2 amide bonds. The molecule has 3 atom stereocenters. The molecule has 3 rings (SSSR count). The minimum absolute atomic E-state index is 0.258. The third kappa shape index (κ3) is 7.00. The van der Waals surface area contributed by atoms with E-state index in [0.29, 0.717) is 19.4 Å². The number of benzene rings is 2. The van der Waals surface area contributed by atoms with Crippen LogP contribution >= 0.6 is 0 Å². The van der Waals surface area contributed by atoms with E-state index in [1.54, 1.807) is 0 Å². The summed E-state index contributed by atoms with van der Waals surface area (Å²) in [6.07, 6.45) is 5.15. The summed E-state index contributed by atoms with van der Waals surface area (Å²) in [7, 11) is 0. The summed E-state index contributed by atoms with van der Waals surface area (Å²) in [5, 5.41) is 6.55. The summed E-state index contributed by atoms with van der Waals surface area (Å²) >= 11 is 0. The highest BCUT2D eigenvalue weighted by atomic mass is 16.2. The number of fused-ring (bicyclic) bond motifs is 1. The van der Waals surface area contributed by atoms with Gasteiger partial charge in [0.15, 0.2) is 0 Å². The van der Waals surface area contributed by atoms with Crippen molar-refractivity contribution in [3.63, 3.8) is 0 Å². The molecule has 0 radical (unpaired) electrons. The first-order valence-corrected chi connectivity index (χ1v) is 11.6. The van der Waals surface area contributed by atoms with Gasteiger partial charge in [0.25, 0.3) is 0 Å². The largest absolute Gasteiger partial charge is 0.361 e. The van der Waals surface area contributed by atoms with E-state index < -0.39 is 29.9 Å². The Hall–Kier alpha value is -3.49. The Labute approximate surface area is 199 Å². The first kappa shape index (κ1) is 25.1. The van der Waals surface area contributed by atoms with Crippen LogP contribution in [0.1, 0.15) is 30.4 Å². The number of H-pyrrole nitrogens is 1. The number of nitrogens with two attached hydrogens (primary N) is 2. The van der Waals surface area contributed by atoms with Crippen LogP contribution in [0.3, 0.4) is 0 Å². The van der Waals surface area contributed by atoms with Gasteiger partial charge in [-0.3, -0.25) is 9.59 Å². The van der Waals surface area contributed by atoms with Gasteiger partial charge < -0.3 is 31.9 Å². The van der Waals surface area contributed by atoms with Gasteiger partial charge in [-0.15, -0.1) is 0 Å². The van der Waals surface area contributed by atoms with Crippen molar-refractivity contribution in [2.75, 3.05) is 6.54 Å². The minimum atomic E-state index is -0.884. The van der Waals surface area contributed by atoms with Crippen molar-refractivity contribution in [2.24, 2.45) is 11.5 Å². The van der Waals surface area contributed by atoms with Crippen LogP contribution in [0.5, 0.6) is 0 Å². The van der Waals surface area contributed by atoms with Crippen LogP contribution in [0.2, 0.25) is 0 Å². The SMILES string of the molecule is NCCCC[C@@H](C=O)NC(=O)[C@@H](Cc1c[nH]c2ccccc12)NC(=O)[C@@H](N)Cc1ccccc1. The first-order valence-electron chi connectivity index (χ1n) is 11.6. The number of hydrogen-bond donors (Lipinski definition) is 5. The fourth-order valence-electron chi connectivity index (χ4n) is 3.94. The van der Waals surface area contributed by atoms with Gasteiger partial charge in [-0.05, 0) is 49.4 Å². The Morgan fingerprint density at radius 3 is 2.41 bits per heavy atom. The molecule has 8 heteroatoms. The maximum Gasteiger partial charge on any atom is 0.243 e. The second kappa shape index (κ2) is 12.7.